The van der Waals surface area contributed by atoms with Gasteiger partial charge in [0.05, 0.1) is 34.4 Å². The van der Waals surface area contributed by atoms with Crippen molar-refractivity contribution < 1.29 is 42.9 Å². The first-order valence-electron chi connectivity index (χ1n) is 42.8. The molecule has 1 N–H and O–H groups in total. The Morgan fingerprint density at radius 2 is 0.557 bits per heavy atom. The molecule has 570 valence electrons. The molecule has 9 heteroatoms. The summed E-state index contributed by atoms with van der Waals surface area (Å²) in [5, 5.41) is 9.78. The second-order valence-corrected chi connectivity index (χ2v) is 30.5. The Morgan fingerprint density at radius 3 is 0.835 bits per heavy atom. The summed E-state index contributed by atoms with van der Waals surface area (Å²) < 4.78 is 23.1. The molecule has 0 heterocycles. The smallest absolute Gasteiger partial charge is 0.361 e. The third-order valence-corrected chi connectivity index (χ3v) is 19.6. The van der Waals surface area contributed by atoms with Crippen molar-refractivity contribution in [3.8, 4) is 0 Å². The number of ether oxygens (including phenoxy) is 4. The molecule has 0 bridgehead atoms. The summed E-state index contributed by atoms with van der Waals surface area (Å²) in [7, 11) is 6.00. The van der Waals surface area contributed by atoms with Gasteiger partial charge in [-0.15, -0.1) is 0 Å². The van der Waals surface area contributed by atoms with Crippen LogP contribution in [0.15, 0.2) is 48.6 Å². The summed E-state index contributed by atoms with van der Waals surface area (Å²) in [5.41, 5.74) is 0. The largest absolute Gasteiger partial charge is 0.477 e. The first-order valence-corrected chi connectivity index (χ1v) is 42.8. The fourth-order valence-electron chi connectivity index (χ4n) is 13.0. The molecule has 97 heavy (non-hydrogen) atoms. The minimum absolute atomic E-state index is 0.175. The molecule has 2 atom stereocenters. The van der Waals surface area contributed by atoms with Crippen LogP contribution in [0.3, 0.4) is 0 Å². The number of hydrogen-bond donors (Lipinski definition) is 1. The molecular weight excluding hydrogens is 1200 g/mol. The van der Waals surface area contributed by atoms with Crippen LogP contribution in [0, 0.1) is 0 Å². The van der Waals surface area contributed by atoms with Crippen LogP contribution >= 0.6 is 0 Å². The topological polar surface area (TPSA) is 108 Å². The zero-order valence-electron chi connectivity index (χ0n) is 65.5. The highest BCUT2D eigenvalue weighted by Gasteiger charge is 2.25. The standard InChI is InChI=1S/C88H165NO8/c1-6-8-10-12-14-16-18-20-22-24-26-28-30-32-34-36-38-40-41-42-43-44-45-47-49-51-53-55-57-59-61-63-65-67-69-71-73-75-77-79-86(91)97-84(83-96-88(87(92)93)94-81-80-89(3,4)5)82-95-85(90)78-76-74-72-70-68-66-64-62-60-58-56-54-52-50-48-46-39-37-35-33-31-29-27-25-23-21-19-17-15-13-11-9-7-2/h18,20,24-27,30,32,84,88H,6-17,19,21-23,28-29,31,33-83H2,1-5H3/p+1/b20-18-,26-24-,27-25-,32-30-. The number of aliphatic carboxylic acids is 1. The zero-order valence-corrected chi connectivity index (χ0v) is 65.5. The zero-order chi connectivity index (χ0) is 70.4. The van der Waals surface area contributed by atoms with Crippen LogP contribution in [-0.2, 0) is 33.3 Å². The third-order valence-electron chi connectivity index (χ3n) is 19.6. The predicted molar refractivity (Wildman–Crippen MR) is 420 cm³/mol. The number of carbonyl (C=O) groups excluding carboxylic acids is 2. The Morgan fingerprint density at radius 1 is 0.309 bits per heavy atom. The van der Waals surface area contributed by atoms with Gasteiger partial charge in [-0.2, -0.15) is 0 Å². The van der Waals surface area contributed by atoms with Gasteiger partial charge in [-0.25, -0.2) is 4.79 Å². The summed E-state index contributed by atoms with van der Waals surface area (Å²) in [6.07, 6.45) is 102. The normalized spacial score (nSPS) is 12.8. The van der Waals surface area contributed by atoms with Crippen molar-refractivity contribution in [3.05, 3.63) is 48.6 Å². The number of carboxylic acid groups (broad SMARTS) is 1. The van der Waals surface area contributed by atoms with Crippen LogP contribution in [0.5, 0.6) is 0 Å². The lowest BCUT2D eigenvalue weighted by Crippen LogP contribution is -2.40. The SMILES string of the molecule is CCCCCCC/C=C\C/C=C\C/C=C\CCCCCCCCCCCCCCCCCCCCCCCCCCC(=O)OC(COC(=O)CCCCCCCCCCCCCCCCCCCCCCC/C=C\CCCCCCCCCC)COC(OCC[N+](C)(C)C)C(=O)O. The molecule has 0 saturated carbocycles. The Bertz CT molecular complexity index is 1730. The van der Waals surface area contributed by atoms with Crippen LogP contribution in [0.2, 0.25) is 0 Å². The Labute approximate surface area is 603 Å². The number of likely N-dealkylation sites (N-methyl/N-ethyl adjacent to an activating group) is 1. The quantitative estimate of drug-likeness (QED) is 0.0211. The van der Waals surface area contributed by atoms with E-state index in [4.69, 9.17) is 18.9 Å². The number of esters is 2. The average Bonchev–Trinajstić information content (AvgIpc) is 2.39. The van der Waals surface area contributed by atoms with Crippen molar-refractivity contribution in [1.82, 2.24) is 0 Å². The van der Waals surface area contributed by atoms with E-state index in [2.05, 4.69) is 62.5 Å². The second-order valence-electron chi connectivity index (χ2n) is 30.5. The molecule has 0 rings (SSSR count). The molecule has 2 unspecified atom stereocenters. The fraction of sp³-hybridized carbons (Fsp3) is 0.875. The lowest BCUT2D eigenvalue weighted by molar-refractivity contribution is -0.870. The van der Waals surface area contributed by atoms with E-state index in [1.807, 2.05) is 21.1 Å². The summed E-state index contributed by atoms with van der Waals surface area (Å²) in [6, 6.07) is 0. The number of quaternary nitrogens is 1. The molecule has 9 nitrogen and oxygen atoms in total. The number of carbonyl (C=O) groups is 3. The van der Waals surface area contributed by atoms with Gasteiger partial charge in [0.15, 0.2) is 6.10 Å². The van der Waals surface area contributed by atoms with Crippen molar-refractivity contribution in [3.63, 3.8) is 0 Å². The molecule has 0 aromatic carbocycles. The maximum atomic E-state index is 13.0. The Kier molecular flexibility index (Phi) is 76.7. The highest BCUT2D eigenvalue weighted by atomic mass is 16.7. The molecule has 0 aromatic rings. The molecule has 0 saturated heterocycles. The number of unbranched alkanes of at least 4 members (excludes halogenated alkanes) is 58. The van der Waals surface area contributed by atoms with Gasteiger partial charge in [-0.3, -0.25) is 9.59 Å². The van der Waals surface area contributed by atoms with Crippen LogP contribution in [-0.4, -0.2) is 87.4 Å². The predicted octanol–water partition coefficient (Wildman–Crippen LogP) is 27.6. The van der Waals surface area contributed by atoms with Gasteiger partial charge in [0.25, 0.3) is 6.29 Å². The van der Waals surface area contributed by atoms with Crippen LogP contribution in [0.4, 0.5) is 0 Å². The van der Waals surface area contributed by atoms with E-state index in [9.17, 15) is 19.5 Å². The summed E-state index contributed by atoms with van der Waals surface area (Å²) in [6.45, 7) is 4.95. The number of allylic oxidation sites excluding steroid dienone is 8. The Hall–Kier alpha value is -2.75. The van der Waals surface area contributed by atoms with E-state index in [-0.39, 0.29) is 38.2 Å². The summed E-state index contributed by atoms with van der Waals surface area (Å²) in [5.74, 6) is -1.97. The van der Waals surface area contributed by atoms with Gasteiger partial charge in [-0.1, -0.05) is 396 Å². The first kappa shape index (κ1) is 94.2. The van der Waals surface area contributed by atoms with E-state index in [1.54, 1.807) is 0 Å². The highest BCUT2D eigenvalue weighted by molar-refractivity contribution is 5.71. The molecule has 0 amide bonds. The third kappa shape index (κ3) is 80.4. The van der Waals surface area contributed by atoms with Crippen molar-refractivity contribution in [2.45, 2.75) is 450 Å². The molecule has 0 spiro atoms. The maximum Gasteiger partial charge on any atom is 0.361 e. The molecule has 0 aliphatic rings. The van der Waals surface area contributed by atoms with Crippen molar-refractivity contribution in [2.75, 3.05) is 47.5 Å². The number of rotatable bonds is 81. The Balaban J connectivity index is 3.93. The maximum absolute atomic E-state index is 13.0. The van der Waals surface area contributed by atoms with Gasteiger partial charge in [0.1, 0.15) is 13.2 Å². The van der Waals surface area contributed by atoms with Gasteiger partial charge in [0, 0.05) is 12.8 Å². The van der Waals surface area contributed by atoms with Crippen molar-refractivity contribution in [2.24, 2.45) is 0 Å². The molecule has 0 aliphatic heterocycles. The van der Waals surface area contributed by atoms with E-state index in [0.717, 1.165) is 51.4 Å². The summed E-state index contributed by atoms with van der Waals surface area (Å²) >= 11 is 0. The van der Waals surface area contributed by atoms with Crippen molar-refractivity contribution >= 4 is 17.9 Å². The van der Waals surface area contributed by atoms with E-state index >= 15 is 0 Å². The van der Waals surface area contributed by atoms with Crippen LogP contribution < -0.4 is 0 Å². The molecule has 0 radical (unpaired) electrons. The van der Waals surface area contributed by atoms with E-state index in [1.165, 1.54) is 360 Å². The van der Waals surface area contributed by atoms with Crippen LogP contribution in [0.1, 0.15) is 438 Å². The first-order chi connectivity index (χ1) is 47.6. The van der Waals surface area contributed by atoms with Crippen LogP contribution in [0.25, 0.3) is 0 Å². The lowest BCUT2D eigenvalue weighted by atomic mass is 10.0. The fourth-order valence-corrected chi connectivity index (χ4v) is 13.0. The second kappa shape index (κ2) is 79.0. The van der Waals surface area contributed by atoms with Gasteiger partial charge in [-0.05, 0) is 77.0 Å². The van der Waals surface area contributed by atoms with Gasteiger partial charge < -0.3 is 28.5 Å². The van der Waals surface area contributed by atoms with Crippen molar-refractivity contribution in [1.29, 1.82) is 0 Å². The van der Waals surface area contributed by atoms with E-state index in [0.29, 0.717) is 17.4 Å². The number of hydrogen-bond acceptors (Lipinski definition) is 7. The van der Waals surface area contributed by atoms with Gasteiger partial charge >= 0.3 is 17.9 Å². The minimum atomic E-state index is -1.51. The van der Waals surface area contributed by atoms with E-state index < -0.39 is 18.4 Å². The molecule has 0 aliphatic carbocycles. The molecular formula is C88H166NO8+. The molecule has 0 aromatic heterocycles. The molecule has 0 fully saturated rings. The highest BCUT2D eigenvalue weighted by Crippen LogP contribution is 2.20. The van der Waals surface area contributed by atoms with Gasteiger partial charge in [0.2, 0.25) is 0 Å². The number of nitrogens with zero attached hydrogens (tertiary/aromatic N) is 1. The monoisotopic (exact) mass is 1370 g/mol. The summed E-state index contributed by atoms with van der Waals surface area (Å²) in [4.78, 5) is 37.8. The average molecular weight is 1370 g/mol. The minimum Gasteiger partial charge on any atom is -0.477 e. The lowest BCUT2D eigenvalue weighted by Gasteiger charge is -2.25. The number of carboxylic acids is 1.